The van der Waals surface area contributed by atoms with Gasteiger partial charge in [-0.1, -0.05) is 23.7 Å². The summed E-state index contributed by atoms with van der Waals surface area (Å²) in [6.45, 7) is 0. The van der Waals surface area contributed by atoms with Crippen molar-refractivity contribution in [2.75, 3.05) is 0 Å². The van der Waals surface area contributed by atoms with E-state index in [9.17, 15) is 0 Å². The van der Waals surface area contributed by atoms with Crippen LogP contribution in [0.5, 0.6) is 0 Å². The number of hydrogen-bond acceptors (Lipinski definition) is 1. The van der Waals surface area contributed by atoms with Gasteiger partial charge in [-0.2, -0.15) is 0 Å². The molecule has 15 heavy (non-hydrogen) atoms. The summed E-state index contributed by atoms with van der Waals surface area (Å²) in [5.41, 5.74) is 1.70. The van der Waals surface area contributed by atoms with Crippen LogP contribution in [0.25, 0.3) is 0 Å². The van der Waals surface area contributed by atoms with Crippen LogP contribution in [0.4, 0.5) is 0 Å². The molecule has 2 heteroatoms. The first-order chi connectivity index (χ1) is 7.28. The second kappa shape index (κ2) is 3.50. The summed E-state index contributed by atoms with van der Waals surface area (Å²) in [4.78, 5) is 0. The summed E-state index contributed by atoms with van der Waals surface area (Å²) in [6.07, 6.45) is 6.63. The highest BCUT2D eigenvalue weighted by atomic mass is 35.5. The van der Waals surface area contributed by atoms with E-state index in [0.29, 0.717) is 0 Å². The molecule has 2 unspecified atom stereocenters. The lowest BCUT2D eigenvalue weighted by Crippen LogP contribution is -2.43. The molecule has 1 aromatic rings. The summed E-state index contributed by atoms with van der Waals surface area (Å²) in [5.74, 6) is 0. The summed E-state index contributed by atoms with van der Waals surface area (Å²) in [7, 11) is 0. The van der Waals surface area contributed by atoms with Crippen LogP contribution in [0.2, 0.25) is 5.02 Å². The Balaban J connectivity index is 1.95. The average Bonchev–Trinajstić information content (AvgIpc) is 2.56. The van der Waals surface area contributed by atoms with Gasteiger partial charge in [0.1, 0.15) is 0 Å². The topological polar surface area (TPSA) is 12.0 Å². The smallest absolute Gasteiger partial charge is 0.0437 e. The third kappa shape index (κ3) is 1.58. The summed E-state index contributed by atoms with van der Waals surface area (Å²) in [5, 5.41) is 4.63. The molecule has 0 aliphatic carbocycles. The fraction of sp³-hybridized carbons (Fsp3) is 0.538. The van der Waals surface area contributed by atoms with E-state index in [1.807, 2.05) is 12.1 Å². The molecule has 2 aliphatic rings. The van der Waals surface area contributed by atoms with E-state index < -0.39 is 0 Å². The molecule has 2 saturated heterocycles. The maximum Gasteiger partial charge on any atom is 0.0437 e. The molecule has 2 heterocycles. The van der Waals surface area contributed by atoms with Crippen molar-refractivity contribution < 1.29 is 0 Å². The van der Waals surface area contributed by atoms with Gasteiger partial charge in [-0.15, -0.1) is 0 Å². The Kier molecular flexibility index (Phi) is 2.26. The van der Waals surface area contributed by atoms with E-state index in [1.54, 1.807) is 0 Å². The van der Waals surface area contributed by atoms with Gasteiger partial charge in [0.2, 0.25) is 0 Å². The predicted molar refractivity (Wildman–Crippen MR) is 63.1 cm³/mol. The van der Waals surface area contributed by atoms with Crippen LogP contribution in [0.3, 0.4) is 0 Å². The Morgan fingerprint density at radius 2 is 1.93 bits per heavy atom. The Labute approximate surface area is 95.8 Å². The van der Waals surface area contributed by atoms with Gasteiger partial charge in [0.05, 0.1) is 0 Å². The highest BCUT2D eigenvalue weighted by Gasteiger charge is 2.42. The number of nitrogens with one attached hydrogen (secondary N) is 1. The normalized spacial score (nSPS) is 34.3. The molecule has 2 aliphatic heterocycles. The molecule has 1 nitrogen and oxygen atoms in total. The van der Waals surface area contributed by atoms with Crippen LogP contribution in [0.15, 0.2) is 24.3 Å². The molecule has 2 fully saturated rings. The van der Waals surface area contributed by atoms with Gasteiger partial charge in [0.15, 0.2) is 0 Å². The number of rotatable bonds is 1. The molecule has 80 valence electrons. The van der Waals surface area contributed by atoms with Crippen LogP contribution in [-0.2, 0) is 5.54 Å². The lowest BCUT2D eigenvalue weighted by molar-refractivity contribution is 0.280. The van der Waals surface area contributed by atoms with E-state index in [2.05, 4.69) is 17.4 Å². The molecule has 0 radical (unpaired) electrons. The Bertz CT molecular complexity index is 355. The first kappa shape index (κ1) is 9.68. The Morgan fingerprint density at radius 1 is 1.13 bits per heavy atom. The third-order valence-corrected chi connectivity index (χ3v) is 4.20. The highest BCUT2D eigenvalue weighted by Crippen LogP contribution is 2.42. The van der Waals surface area contributed by atoms with Crippen molar-refractivity contribution in [2.24, 2.45) is 0 Å². The maximum atomic E-state index is 5.93. The van der Waals surface area contributed by atoms with Gasteiger partial charge in [-0.3, -0.25) is 0 Å². The quantitative estimate of drug-likeness (QED) is 0.766. The standard InChI is InChI=1S/C13H16ClN/c14-11-5-3-10(4-6-11)13-8-1-2-12(15-13)7-9-13/h3-6,12,15H,1-2,7-9H2. The van der Waals surface area contributed by atoms with Crippen molar-refractivity contribution in [3.63, 3.8) is 0 Å². The van der Waals surface area contributed by atoms with Gasteiger partial charge in [-0.25, -0.2) is 0 Å². The first-order valence-electron chi connectivity index (χ1n) is 5.82. The van der Waals surface area contributed by atoms with Crippen LogP contribution in [-0.4, -0.2) is 6.04 Å². The fourth-order valence-electron chi connectivity index (χ4n) is 3.16. The van der Waals surface area contributed by atoms with Crippen LogP contribution in [0.1, 0.15) is 37.7 Å². The van der Waals surface area contributed by atoms with Crippen LogP contribution >= 0.6 is 11.6 Å². The zero-order valence-corrected chi connectivity index (χ0v) is 9.56. The molecule has 0 spiro atoms. The SMILES string of the molecule is Clc1ccc(C23CCCC(CC2)N3)cc1. The van der Waals surface area contributed by atoms with Crippen LogP contribution < -0.4 is 5.32 Å². The molecule has 0 aromatic heterocycles. The molecule has 1 N–H and O–H groups in total. The average molecular weight is 222 g/mol. The van der Waals surface area contributed by atoms with Gasteiger partial charge >= 0.3 is 0 Å². The van der Waals surface area contributed by atoms with Crippen molar-refractivity contribution in [3.05, 3.63) is 34.9 Å². The van der Waals surface area contributed by atoms with Gasteiger partial charge < -0.3 is 5.32 Å². The van der Waals surface area contributed by atoms with E-state index in [1.165, 1.54) is 37.7 Å². The summed E-state index contributed by atoms with van der Waals surface area (Å²) >= 11 is 5.93. The molecule has 2 atom stereocenters. The van der Waals surface area contributed by atoms with Crippen LogP contribution in [0, 0.1) is 0 Å². The van der Waals surface area contributed by atoms with Crippen molar-refractivity contribution in [1.82, 2.24) is 5.32 Å². The Morgan fingerprint density at radius 3 is 2.73 bits per heavy atom. The third-order valence-electron chi connectivity index (χ3n) is 3.95. The van der Waals surface area contributed by atoms with Gasteiger partial charge in [-0.05, 0) is 49.8 Å². The fourth-order valence-corrected chi connectivity index (χ4v) is 3.29. The zero-order valence-electron chi connectivity index (χ0n) is 8.80. The highest BCUT2D eigenvalue weighted by molar-refractivity contribution is 6.30. The van der Waals surface area contributed by atoms with Crippen molar-refractivity contribution in [1.29, 1.82) is 0 Å². The lowest BCUT2D eigenvalue weighted by Gasteiger charge is -2.35. The number of benzene rings is 1. The summed E-state index contributed by atoms with van der Waals surface area (Å²) in [6, 6.07) is 9.14. The van der Waals surface area contributed by atoms with Crippen molar-refractivity contribution in [3.8, 4) is 0 Å². The molecular weight excluding hydrogens is 206 g/mol. The molecule has 2 bridgehead atoms. The molecule has 1 aromatic carbocycles. The zero-order chi connectivity index (χ0) is 10.3. The van der Waals surface area contributed by atoms with Gasteiger partial charge in [0.25, 0.3) is 0 Å². The minimum absolute atomic E-state index is 0.271. The maximum absolute atomic E-state index is 5.93. The predicted octanol–water partition coefficient (Wildman–Crippen LogP) is 3.47. The van der Waals surface area contributed by atoms with E-state index >= 15 is 0 Å². The van der Waals surface area contributed by atoms with Gasteiger partial charge in [0, 0.05) is 16.6 Å². The van der Waals surface area contributed by atoms with E-state index in [-0.39, 0.29) is 5.54 Å². The number of halogens is 1. The lowest BCUT2D eigenvalue weighted by atomic mass is 9.83. The number of hydrogen-bond donors (Lipinski definition) is 1. The van der Waals surface area contributed by atoms with E-state index in [4.69, 9.17) is 11.6 Å². The monoisotopic (exact) mass is 221 g/mol. The summed E-state index contributed by atoms with van der Waals surface area (Å²) < 4.78 is 0. The number of fused-ring (bicyclic) bond motifs is 2. The minimum atomic E-state index is 0.271. The Hall–Kier alpha value is -0.530. The second-order valence-electron chi connectivity index (χ2n) is 4.86. The largest absolute Gasteiger partial charge is 0.305 e. The van der Waals surface area contributed by atoms with Crippen molar-refractivity contribution in [2.45, 2.75) is 43.7 Å². The molecule has 0 amide bonds. The molecule has 3 rings (SSSR count). The van der Waals surface area contributed by atoms with Crippen molar-refractivity contribution >= 4 is 11.6 Å². The minimum Gasteiger partial charge on any atom is -0.305 e. The molecule has 0 saturated carbocycles. The van der Waals surface area contributed by atoms with E-state index in [0.717, 1.165) is 11.1 Å². The second-order valence-corrected chi connectivity index (χ2v) is 5.30. The number of piperidine rings is 1. The molecular formula is C13H16ClN. The first-order valence-corrected chi connectivity index (χ1v) is 6.20.